The van der Waals surface area contributed by atoms with Crippen LogP contribution >= 0.6 is 0 Å². The molecule has 1 aliphatic rings. The number of H-pyrrole nitrogens is 1. The van der Waals surface area contributed by atoms with Gasteiger partial charge >= 0.3 is 5.97 Å². The van der Waals surface area contributed by atoms with Gasteiger partial charge in [-0.15, -0.1) is 0 Å². The number of nitrogens with two attached hydrogens (primary N) is 1. The van der Waals surface area contributed by atoms with Crippen molar-refractivity contribution in [2.75, 3.05) is 18.9 Å². The molecule has 0 amide bonds. The van der Waals surface area contributed by atoms with Crippen molar-refractivity contribution in [3.63, 3.8) is 0 Å². The monoisotopic (exact) mass is 260 g/mol. The van der Waals surface area contributed by atoms with Crippen LogP contribution in [-0.2, 0) is 9.47 Å². The highest BCUT2D eigenvalue weighted by molar-refractivity contribution is 6.04. The third-order valence-corrected chi connectivity index (χ3v) is 3.37. The molecule has 0 aliphatic carbocycles. The van der Waals surface area contributed by atoms with E-state index in [2.05, 4.69) is 4.98 Å². The number of carbonyl (C=O) groups is 1. The highest BCUT2D eigenvalue weighted by atomic mass is 16.6. The minimum Gasteiger partial charge on any atom is -0.459 e. The van der Waals surface area contributed by atoms with Crippen molar-refractivity contribution in [2.24, 2.45) is 0 Å². The van der Waals surface area contributed by atoms with Crippen molar-refractivity contribution in [1.82, 2.24) is 4.98 Å². The zero-order valence-electron chi connectivity index (χ0n) is 10.5. The van der Waals surface area contributed by atoms with Gasteiger partial charge in [-0.25, -0.2) is 4.79 Å². The van der Waals surface area contributed by atoms with Crippen molar-refractivity contribution in [3.8, 4) is 0 Å². The standard InChI is InChI=1S/C14H16N2O3/c15-9-1-2-11-12(8-16-13(11)7-9)14(17)19-10-3-5-18-6-4-10/h1-2,7-8,10,16H,3-6,15H2. The minimum absolute atomic E-state index is 0.0417. The van der Waals surface area contributed by atoms with E-state index in [-0.39, 0.29) is 12.1 Å². The molecular weight excluding hydrogens is 244 g/mol. The molecule has 5 heteroatoms. The van der Waals surface area contributed by atoms with E-state index in [9.17, 15) is 4.79 Å². The number of esters is 1. The molecule has 1 aliphatic heterocycles. The van der Waals surface area contributed by atoms with Gasteiger partial charge in [0, 0.05) is 35.6 Å². The molecule has 0 spiro atoms. The molecule has 19 heavy (non-hydrogen) atoms. The Balaban J connectivity index is 1.81. The lowest BCUT2D eigenvalue weighted by Gasteiger charge is -2.22. The average molecular weight is 260 g/mol. The number of nitrogen functional groups attached to an aromatic ring is 1. The molecule has 1 saturated heterocycles. The molecule has 0 unspecified atom stereocenters. The number of aromatic nitrogens is 1. The third-order valence-electron chi connectivity index (χ3n) is 3.37. The Morgan fingerprint density at radius 3 is 2.95 bits per heavy atom. The van der Waals surface area contributed by atoms with E-state index < -0.39 is 0 Å². The number of ether oxygens (including phenoxy) is 2. The maximum Gasteiger partial charge on any atom is 0.340 e. The van der Waals surface area contributed by atoms with Crippen molar-refractivity contribution in [3.05, 3.63) is 30.0 Å². The molecule has 1 aromatic heterocycles. The van der Waals surface area contributed by atoms with Gasteiger partial charge in [-0.1, -0.05) is 0 Å². The molecule has 3 rings (SSSR count). The summed E-state index contributed by atoms with van der Waals surface area (Å²) in [5.41, 5.74) is 7.78. The summed E-state index contributed by atoms with van der Waals surface area (Å²) in [5, 5.41) is 0.839. The van der Waals surface area contributed by atoms with Gasteiger partial charge in [0.15, 0.2) is 0 Å². The van der Waals surface area contributed by atoms with Crippen LogP contribution in [-0.4, -0.2) is 30.3 Å². The predicted octanol–water partition coefficient (Wildman–Crippen LogP) is 2.09. The third kappa shape index (κ3) is 2.42. The summed E-state index contributed by atoms with van der Waals surface area (Å²) in [4.78, 5) is 15.2. The molecular formula is C14H16N2O3. The lowest BCUT2D eigenvalue weighted by molar-refractivity contribution is -0.0157. The predicted molar refractivity (Wildman–Crippen MR) is 72.0 cm³/mol. The Morgan fingerprint density at radius 1 is 1.37 bits per heavy atom. The van der Waals surface area contributed by atoms with Gasteiger partial charge in [-0.05, 0) is 18.2 Å². The number of anilines is 1. The maximum absolute atomic E-state index is 12.2. The zero-order valence-corrected chi connectivity index (χ0v) is 10.5. The van der Waals surface area contributed by atoms with Crippen LogP contribution in [0.15, 0.2) is 24.4 Å². The van der Waals surface area contributed by atoms with Gasteiger partial charge in [0.1, 0.15) is 6.10 Å². The summed E-state index contributed by atoms with van der Waals surface area (Å²) in [5.74, 6) is -0.289. The number of nitrogens with one attached hydrogen (secondary N) is 1. The molecule has 1 fully saturated rings. The summed E-state index contributed by atoms with van der Waals surface area (Å²) < 4.78 is 10.7. The lowest BCUT2D eigenvalue weighted by atomic mass is 10.1. The number of rotatable bonds is 2. The van der Waals surface area contributed by atoms with Gasteiger partial charge in [0.25, 0.3) is 0 Å². The lowest BCUT2D eigenvalue weighted by Crippen LogP contribution is -2.26. The largest absolute Gasteiger partial charge is 0.459 e. The highest BCUT2D eigenvalue weighted by Gasteiger charge is 2.21. The van der Waals surface area contributed by atoms with Gasteiger partial charge in [0.05, 0.1) is 18.8 Å². The maximum atomic E-state index is 12.2. The highest BCUT2D eigenvalue weighted by Crippen LogP contribution is 2.22. The summed E-state index contributed by atoms with van der Waals surface area (Å²) in [6.07, 6.45) is 3.16. The van der Waals surface area contributed by atoms with Crippen LogP contribution in [0.25, 0.3) is 10.9 Å². The van der Waals surface area contributed by atoms with Crippen molar-refractivity contribution >= 4 is 22.6 Å². The van der Waals surface area contributed by atoms with Gasteiger partial charge in [-0.3, -0.25) is 0 Å². The normalized spacial score (nSPS) is 16.6. The fraction of sp³-hybridized carbons (Fsp3) is 0.357. The second kappa shape index (κ2) is 4.93. The van der Waals surface area contributed by atoms with E-state index >= 15 is 0 Å². The molecule has 2 heterocycles. The molecule has 3 N–H and O–H groups in total. The molecule has 1 aromatic carbocycles. The summed E-state index contributed by atoms with van der Waals surface area (Å²) in [6, 6.07) is 5.42. The molecule has 0 bridgehead atoms. The topological polar surface area (TPSA) is 77.3 Å². The summed E-state index contributed by atoms with van der Waals surface area (Å²) in [7, 11) is 0. The van der Waals surface area contributed by atoms with E-state index in [0.29, 0.717) is 24.5 Å². The molecule has 0 atom stereocenters. The molecule has 5 nitrogen and oxygen atoms in total. The van der Waals surface area contributed by atoms with Crippen LogP contribution in [0.2, 0.25) is 0 Å². The Hall–Kier alpha value is -2.01. The molecule has 2 aromatic rings. The van der Waals surface area contributed by atoms with E-state index in [1.807, 2.05) is 6.07 Å². The van der Waals surface area contributed by atoms with Crippen LogP contribution in [0.3, 0.4) is 0 Å². The SMILES string of the molecule is Nc1ccc2c(C(=O)OC3CCOCC3)c[nH]c2c1. The average Bonchev–Trinajstić information content (AvgIpc) is 2.82. The fourth-order valence-corrected chi connectivity index (χ4v) is 2.32. The molecule has 100 valence electrons. The van der Waals surface area contributed by atoms with Crippen LogP contribution in [0.1, 0.15) is 23.2 Å². The summed E-state index contributed by atoms with van der Waals surface area (Å²) in [6.45, 7) is 1.31. The first-order valence-corrected chi connectivity index (χ1v) is 6.39. The number of aromatic amines is 1. The van der Waals surface area contributed by atoms with E-state index in [1.54, 1.807) is 18.3 Å². The summed E-state index contributed by atoms with van der Waals surface area (Å²) >= 11 is 0. The van der Waals surface area contributed by atoms with Gasteiger partial charge < -0.3 is 20.2 Å². The van der Waals surface area contributed by atoms with Crippen LogP contribution in [0.5, 0.6) is 0 Å². The fourth-order valence-electron chi connectivity index (χ4n) is 2.32. The second-order valence-electron chi connectivity index (χ2n) is 4.72. The first kappa shape index (κ1) is 12.0. The van der Waals surface area contributed by atoms with E-state index in [4.69, 9.17) is 15.2 Å². The van der Waals surface area contributed by atoms with Gasteiger partial charge in [-0.2, -0.15) is 0 Å². The van der Waals surface area contributed by atoms with Crippen LogP contribution in [0, 0.1) is 0 Å². The Kier molecular flexibility index (Phi) is 3.13. The van der Waals surface area contributed by atoms with Gasteiger partial charge in [0.2, 0.25) is 0 Å². The minimum atomic E-state index is -0.289. The Bertz CT molecular complexity index is 600. The second-order valence-corrected chi connectivity index (χ2v) is 4.72. The van der Waals surface area contributed by atoms with Crippen molar-refractivity contribution in [2.45, 2.75) is 18.9 Å². The first-order valence-electron chi connectivity index (χ1n) is 6.39. The zero-order chi connectivity index (χ0) is 13.2. The first-order chi connectivity index (χ1) is 9.24. The number of carbonyl (C=O) groups excluding carboxylic acids is 1. The van der Waals surface area contributed by atoms with Crippen LogP contribution in [0.4, 0.5) is 5.69 Å². The number of hydrogen-bond donors (Lipinski definition) is 2. The smallest absolute Gasteiger partial charge is 0.340 e. The van der Waals surface area contributed by atoms with E-state index in [1.165, 1.54) is 0 Å². The number of benzene rings is 1. The van der Waals surface area contributed by atoms with Crippen molar-refractivity contribution < 1.29 is 14.3 Å². The molecule has 0 radical (unpaired) electrons. The van der Waals surface area contributed by atoms with E-state index in [0.717, 1.165) is 23.7 Å². The molecule has 0 saturated carbocycles. The number of fused-ring (bicyclic) bond motifs is 1. The van der Waals surface area contributed by atoms with Crippen LogP contribution < -0.4 is 5.73 Å². The Morgan fingerprint density at radius 2 is 2.16 bits per heavy atom. The quantitative estimate of drug-likeness (QED) is 0.640. The number of hydrogen-bond acceptors (Lipinski definition) is 4. The Labute approximate surface area is 110 Å². The van der Waals surface area contributed by atoms with Crippen molar-refractivity contribution in [1.29, 1.82) is 0 Å².